The van der Waals surface area contributed by atoms with Gasteiger partial charge in [-0.05, 0) is 54.4 Å². The Kier molecular flexibility index (Phi) is 4.18. The lowest BCUT2D eigenvalue weighted by molar-refractivity contribution is 0.443. The van der Waals surface area contributed by atoms with Crippen molar-refractivity contribution >= 4 is 21.7 Å². The molecule has 3 nitrogen and oxygen atoms in total. The van der Waals surface area contributed by atoms with Crippen molar-refractivity contribution in [3.05, 3.63) is 22.8 Å². The fourth-order valence-corrected chi connectivity index (χ4v) is 2.80. The first-order chi connectivity index (χ1) is 7.83. The number of halogens is 1. The summed E-state index contributed by atoms with van der Waals surface area (Å²) in [6, 6.07) is 4.60. The van der Waals surface area contributed by atoms with Gasteiger partial charge in [-0.25, -0.2) is 4.98 Å². The SMILES string of the molecule is CNCC1CCCCN1c1ncccc1Br. The molecule has 1 atom stereocenters. The molecule has 0 radical (unpaired) electrons. The van der Waals surface area contributed by atoms with Gasteiger partial charge in [0.2, 0.25) is 0 Å². The summed E-state index contributed by atoms with van der Waals surface area (Å²) >= 11 is 3.59. The Morgan fingerprint density at radius 2 is 2.44 bits per heavy atom. The summed E-state index contributed by atoms with van der Waals surface area (Å²) in [6.07, 6.45) is 5.71. The molecule has 1 aliphatic rings. The van der Waals surface area contributed by atoms with Crippen molar-refractivity contribution in [2.75, 3.05) is 25.0 Å². The molecule has 0 spiro atoms. The number of likely N-dealkylation sites (N-methyl/N-ethyl adjacent to an activating group) is 1. The minimum Gasteiger partial charge on any atom is -0.351 e. The minimum absolute atomic E-state index is 0.574. The molecule has 0 aliphatic carbocycles. The summed E-state index contributed by atoms with van der Waals surface area (Å²) in [5, 5.41) is 3.27. The Balaban J connectivity index is 2.19. The van der Waals surface area contributed by atoms with Gasteiger partial charge in [-0.2, -0.15) is 0 Å². The molecule has 1 aromatic rings. The van der Waals surface area contributed by atoms with Crippen molar-refractivity contribution < 1.29 is 0 Å². The third-order valence-corrected chi connectivity index (χ3v) is 3.70. The third-order valence-electron chi connectivity index (χ3n) is 3.08. The van der Waals surface area contributed by atoms with E-state index < -0.39 is 0 Å². The molecule has 0 saturated carbocycles. The fraction of sp³-hybridized carbons (Fsp3) is 0.583. The number of rotatable bonds is 3. The number of nitrogens with zero attached hydrogens (tertiary/aromatic N) is 2. The van der Waals surface area contributed by atoms with Crippen LogP contribution in [0.3, 0.4) is 0 Å². The van der Waals surface area contributed by atoms with Crippen LogP contribution in [0, 0.1) is 0 Å². The van der Waals surface area contributed by atoms with Crippen molar-refractivity contribution in [2.24, 2.45) is 0 Å². The zero-order valence-corrected chi connectivity index (χ0v) is 11.2. The standard InChI is InChI=1S/C12H18BrN3/c1-14-9-10-5-2-3-8-16(10)12-11(13)6-4-7-15-12/h4,6-7,10,14H,2-3,5,8-9H2,1H3. The van der Waals surface area contributed by atoms with Crippen LogP contribution >= 0.6 is 15.9 Å². The van der Waals surface area contributed by atoms with Crippen LogP contribution in [0.5, 0.6) is 0 Å². The Morgan fingerprint density at radius 1 is 1.56 bits per heavy atom. The van der Waals surface area contributed by atoms with Crippen LogP contribution in [-0.4, -0.2) is 31.2 Å². The summed E-state index contributed by atoms with van der Waals surface area (Å²) in [5.74, 6) is 1.09. The summed E-state index contributed by atoms with van der Waals surface area (Å²) in [5.41, 5.74) is 0. The molecule has 0 aromatic carbocycles. The molecule has 16 heavy (non-hydrogen) atoms. The first-order valence-electron chi connectivity index (χ1n) is 5.84. The van der Waals surface area contributed by atoms with Gasteiger partial charge in [0, 0.05) is 25.3 Å². The maximum atomic E-state index is 4.49. The van der Waals surface area contributed by atoms with Crippen LogP contribution in [0.15, 0.2) is 22.8 Å². The van der Waals surface area contributed by atoms with Gasteiger partial charge in [-0.1, -0.05) is 0 Å². The average molecular weight is 284 g/mol. The monoisotopic (exact) mass is 283 g/mol. The lowest BCUT2D eigenvalue weighted by Gasteiger charge is -2.37. The van der Waals surface area contributed by atoms with Crippen LogP contribution in [0.1, 0.15) is 19.3 Å². The Morgan fingerprint density at radius 3 is 3.19 bits per heavy atom. The number of anilines is 1. The van der Waals surface area contributed by atoms with Gasteiger partial charge in [0.15, 0.2) is 0 Å². The molecule has 1 N–H and O–H groups in total. The molecule has 1 aliphatic heterocycles. The number of nitrogens with one attached hydrogen (secondary N) is 1. The second kappa shape index (κ2) is 5.64. The van der Waals surface area contributed by atoms with Crippen molar-refractivity contribution in [1.82, 2.24) is 10.3 Å². The van der Waals surface area contributed by atoms with E-state index in [1.165, 1.54) is 19.3 Å². The van der Waals surface area contributed by atoms with E-state index in [-0.39, 0.29) is 0 Å². The van der Waals surface area contributed by atoms with E-state index in [0.29, 0.717) is 6.04 Å². The van der Waals surface area contributed by atoms with Crippen LogP contribution in [0.25, 0.3) is 0 Å². The van der Waals surface area contributed by atoms with E-state index in [9.17, 15) is 0 Å². The number of pyridine rings is 1. The number of hydrogen-bond acceptors (Lipinski definition) is 3. The predicted octanol–water partition coefficient (Wildman–Crippen LogP) is 2.42. The van der Waals surface area contributed by atoms with Gasteiger partial charge in [-0.15, -0.1) is 0 Å². The van der Waals surface area contributed by atoms with Crippen LogP contribution in [0.2, 0.25) is 0 Å². The summed E-state index contributed by atoms with van der Waals surface area (Å²) in [6.45, 7) is 2.14. The van der Waals surface area contributed by atoms with Gasteiger partial charge < -0.3 is 10.2 Å². The quantitative estimate of drug-likeness (QED) is 0.924. The Bertz CT molecular complexity index is 341. The number of piperidine rings is 1. The second-order valence-corrected chi connectivity index (χ2v) is 5.06. The molecule has 2 rings (SSSR count). The molecule has 1 fully saturated rings. The Hall–Kier alpha value is -0.610. The maximum absolute atomic E-state index is 4.49. The second-order valence-electron chi connectivity index (χ2n) is 4.21. The highest BCUT2D eigenvalue weighted by Gasteiger charge is 2.24. The highest BCUT2D eigenvalue weighted by atomic mass is 79.9. The maximum Gasteiger partial charge on any atom is 0.143 e. The van der Waals surface area contributed by atoms with Crippen LogP contribution in [0.4, 0.5) is 5.82 Å². The average Bonchev–Trinajstić information content (AvgIpc) is 2.31. The molecule has 0 bridgehead atoms. The zero-order chi connectivity index (χ0) is 11.4. The van der Waals surface area contributed by atoms with Crippen molar-refractivity contribution in [3.63, 3.8) is 0 Å². The molecule has 4 heteroatoms. The number of aromatic nitrogens is 1. The smallest absolute Gasteiger partial charge is 0.143 e. The van der Waals surface area contributed by atoms with E-state index in [1.54, 1.807) is 0 Å². The Labute approximate surface area is 105 Å². The molecule has 1 saturated heterocycles. The zero-order valence-electron chi connectivity index (χ0n) is 9.62. The lowest BCUT2D eigenvalue weighted by atomic mass is 10.0. The minimum atomic E-state index is 0.574. The van der Waals surface area contributed by atoms with Crippen molar-refractivity contribution in [3.8, 4) is 0 Å². The molecule has 88 valence electrons. The van der Waals surface area contributed by atoms with Crippen molar-refractivity contribution in [2.45, 2.75) is 25.3 Å². The highest BCUT2D eigenvalue weighted by Crippen LogP contribution is 2.28. The third kappa shape index (κ3) is 2.55. The van der Waals surface area contributed by atoms with E-state index >= 15 is 0 Å². The predicted molar refractivity (Wildman–Crippen MR) is 70.8 cm³/mol. The molecule has 1 unspecified atom stereocenters. The van der Waals surface area contributed by atoms with Gasteiger partial charge in [0.05, 0.1) is 4.47 Å². The molecule has 2 heterocycles. The first-order valence-corrected chi connectivity index (χ1v) is 6.64. The van der Waals surface area contributed by atoms with Gasteiger partial charge in [0.25, 0.3) is 0 Å². The largest absolute Gasteiger partial charge is 0.351 e. The summed E-state index contributed by atoms with van der Waals surface area (Å²) < 4.78 is 1.10. The van der Waals surface area contributed by atoms with Gasteiger partial charge in [0.1, 0.15) is 5.82 Å². The van der Waals surface area contributed by atoms with Crippen molar-refractivity contribution in [1.29, 1.82) is 0 Å². The lowest BCUT2D eigenvalue weighted by Crippen LogP contribution is -2.45. The van der Waals surface area contributed by atoms with Gasteiger partial charge >= 0.3 is 0 Å². The summed E-state index contributed by atoms with van der Waals surface area (Å²) in [4.78, 5) is 6.91. The number of hydrogen-bond donors (Lipinski definition) is 1. The highest BCUT2D eigenvalue weighted by molar-refractivity contribution is 9.10. The van der Waals surface area contributed by atoms with E-state index in [4.69, 9.17) is 0 Å². The summed E-state index contributed by atoms with van der Waals surface area (Å²) in [7, 11) is 2.01. The molecule has 0 amide bonds. The van der Waals surface area contributed by atoms with Crippen LogP contribution < -0.4 is 10.2 Å². The normalized spacial score (nSPS) is 21.1. The van der Waals surface area contributed by atoms with Gasteiger partial charge in [-0.3, -0.25) is 0 Å². The van der Waals surface area contributed by atoms with E-state index in [0.717, 1.165) is 23.4 Å². The molecular weight excluding hydrogens is 266 g/mol. The van der Waals surface area contributed by atoms with Crippen LogP contribution in [-0.2, 0) is 0 Å². The first kappa shape index (κ1) is 11.9. The topological polar surface area (TPSA) is 28.2 Å². The molecule has 1 aromatic heterocycles. The molecular formula is C12H18BrN3. The fourth-order valence-electron chi connectivity index (χ4n) is 2.32. The van der Waals surface area contributed by atoms with E-state index in [1.807, 2.05) is 19.3 Å². The van der Waals surface area contributed by atoms with E-state index in [2.05, 4.69) is 37.2 Å².